The monoisotopic (exact) mass is 250 g/mol. The minimum Gasteiger partial charge on any atom is -0.492 e. The number of rotatable bonds is 5. The highest BCUT2D eigenvalue weighted by atomic mass is 16.5. The van der Waals surface area contributed by atoms with Gasteiger partial charge in [0.15, 0.2) is 0 Å². The van der Waals surface area contributed by atoms with Crippen molar-refractivity contribution in [3.05, 3.63) is 29.7 Å². The highest BCUT2D eigenvalue weighted by Gasteiger charge is 2.09. The fourth-order valence-corrected chi connectivity index (χ4v) is 1.27. The van der Waals surface area contributed by atoms with E-state index in [1.807, 2.05) is 6.92 Å². The van der Waals surface area contributed by atoms with Gasteiger partial charge in [-0.25, -0.2) is 4.79 Å². The number of carboxylic acid groups (broad SMARTS) is 1. The van der Waals surface area contributed by atoms with Crippen molar-refractivity contribution in [2.75, 3.05) is 6.61 Å². The van der Waals surface area contributed by atoms with E-state index in [2.05, 4.69) is 10.3 Å². The second-order valence-corrected chi connectivity index (χ2v) is 3.43. The molecule has 0 atom stereocenters. The first kappa shape index (κ1) is 13.7. The molecule has 6 nitrogen and oxygen atoms in total. The SMILES string of the molecule is CCOc1cncc(/C=C(/NC(C)=O)C(=O)O)c1. The van der Waals surface area contributed by atoms with Crippen molar-refractivity contribution in [2.24, 2.45) is 0 Å². The molecule has 0 spiro atoms. The Balaban J connectivity index is 2.99. The lowest BCUT2D eigenvalue weighted by Crippen LogP contribution is -2.24. The zero-order valence-electron chi connectivity index (χ0n) is 10.1. The number of hydrogen-bond donors (Lipinski definition) is 2. The fourth-order valence-electron chi connectivity index (χ4n) is 1.27. The largest absolute Gasteiger partial charge is 0.492 e. The number of nitrogens with zero attached hydrogens (tertiary/aromatic N) is 1. The number of carbonyl (C=O) groups is 2. The highest BCUT2D eigenvalue weighted by Crippen LogP contribution is 2.13. The van der Waals surface area contributed by atoms with Crippen LogP contribution in [0.3, 0.4) is 0 Å². The molecule has 0 aliphatic carbocycles. The minimum absolute atomic E-state index is 0.210. The van der Waals surface area contributed by atoms with Crippen LogP contribution in [0.2, 0.25) is 0 Å². The molecule has 0 radical (unpaired) electrons. The van der Waals surface area contributed by atoms with E-state index in [0.717, 1.165) is 0 Å². The predicted molar refractivity (Wildman–Crippen MR) is 64.8 cm³/mol. The highest BCUT2D eigenvalue weighted by molar-refractivity contribution is 5.96. The molecule has 2 N–H and O–H groups in total. The number of aromatic nitrogens is 1. The van der Waals surface area contributed by atoms with Gasteiger partial charge >= 0.3 is 5.97 Å². The van der Waals surface area contributed by atoms with E-state index in [9.17, 15) is 9.59 Å². The second-order valence-electron chi connectivity index (χ2n) is 3.43. The molecule has 0 bridgehead atoms. The number of nitrogens with one attached hydrogen (secondary N) is 1. The van der Waals surface area contributed by atoms with Crippen molar-refractivity contribution in [1.29, 1.82) is 0 Å². The van der Waals surface area contributed by atoms with Crippen molar-refractivity contribution in [2.45, 2.75) is 13.8 Å². The summed E-state index contributed by atoms with van der Waals surface area (Å²) >= 11 is 0. The van der Waals surface area contributed by atoms with Gasteiger partial charge < -0.3 is 15.2 Å². The van der Waals surface area contributed by atoms with Crippen LogP contribution in [-0.2, 0) is 9.59 Å². The van der Waals surface area contributed by atoms with Crippen LogP contribution in [0.4, 0.5) is 0 Å². The van der Waals surface area contributed by atoms with E-state index in [4.69, 9.17) is 9.84 Å². The maximum absolute atomic E-state index is 10.9. The molecule has 96 valence electrons. The molecule has 0 aliphatic rings. The van der Waals surface area contributed by atoms with Crippen LogP contribution in [0.25, 0.3) is 6.08 Å². The van der Waals surface area contributed by atoms with Gasteiger partial charge in [0.2, 0.25) is 5.91 Å². The molecule has 0 aliphatic heterocycles. The normalized spacial score (nSPS) is 10.9. The number of aliphatic carboxylic acids is 1. The van der Waals surface area contributed by atoms with Crippen molar-refractivity contribution < 1.29 is 19.4 Å². The minimum atomic E-state index is -1.22. The Bertz CT molecular complexity index is 483. The average molecular weight is 250 g/mol. The summed E-state index contributed by atoms with van der Waals surface area (Å²) in [7, 11) is 0. The Morgan fingerprint density at radius 1 is 1.50 bits per heavy atom. The van der Waals surface area contributed by atoms with Crippen molar-refractivity contribution in [3.63, 3.8) is 0 Å². The summed E-state index contributed by atoms with van der Waals surface area (Å²) < 4.78 is 5.24. The molecule has 1 heterocycles. The van der Waals surface area contributed by atoms with E-state index < -0.39 is 11.9 Å². The third-order valence-corrected chi connectivity index (χ3v) is 1.90. The first-order chi connectivity index (χ1) is 8.52. The summed E-state index contributed by atoms with van der Waals surface area (Å²) in [6, 6.07) is 1.64. The Morgan fingerprint density at radius 2 is 2.22 bits per heavy atom. The van der Waals surface area contributed by atoms with Gasteiger partial charge in [-0.3, -0.25) is 9.78 Å². The summed E-state index contributed by atoms with van der Waals surface area (Å²) in [6.07, 6.45) is 4.33. The van der Waals surface area contributed by atoms with Crippen LogP contribution in [-0.4, -0.2) is 28.6 Å². The lowest BCUT2D eigenvalue weighted by molar-refractivity contribution is -0.134. The fraction of sp³-hybridized carbons (Fsp3) is 0.250. The van der Waals surface area contributed by atoms with E-state index in [1.54, 1.807) is 6.07 Å². The summed E-state index contributed by atoms with van der Waals surface area (Å²) in [5.74, 6) is -1.12. The smallest absolute Gasteiger partial charge is 0.352 e. The third-order valence-electron chi connectivity index (χ3n) is 1.90. The summed E-state index contributed by atoms with van der Waals surface area (Å²) in [5, 5.41) is 11.2. The van der Waals surface area contributed by atoms with Gasteiger partial charge in [0, 0.05) is 13.1 Å². The second kappa shape index (κ2) is 6.39. The summed E-state index contributed by atoms with van der Waals surface area (Å²) in [4.78, 5) is 25.7. The molecule has 6 heteroatoms. The van der Waals surface area contributed by atoms with Crippen LogP contribution in [0.1, 0.15) is 19.4 Å². The Hall–Kier alpha value is -2.37. The van der Waals surface area contributed by atoms with Crippen molar-refractivity contribution >= 4 is 18.0 Å². The van der Waals surface area contributed by atoms with Gasteiger partial charge in [0.05, 0.1) is 12.8 Å². The molecule has 0 saturated carbocycles. The van der Waals surface area contributed by atoms with Gasteiger partial charge in [0.25, 0.3) is 0 Å². The van der Waals surface area contributed by atoms with Gasteiger partial charge in [-0.1, -0.05) is 0 Å². The third kappa shape index (κ3) is 4.25. The molecular weight excluding hydrogens is 236 g/mol. The molecule has 0 unspecified atom stereocenters. The quantitative estimate of drug-likeness (QED) is 0.762. The molecule has 1 aromatic heterocycles. The number of hydrogen-bond acceptors (Lipinski definition) is 4. The molecule has 1 aromatic rings. The maximum Gasteiger partial charge on any atom is 0.352 e. The van der Waals surface area contributed by atoms with Crippen molar-refractivity contribution in [1.82, 2.24) is 10.3 Å². The zero-order valence-corrected chi connectivity index (χ0v) is 10.1. The van der Waals surface area contributed by atoms with Crippen LogP contribution in [0.15, 0.2) is 24.2 Å². The molecular formula is C12H14N2O4. The number of pyridine rings is 1. The molecule has 1 amide bonds. The Morgan fingerprint density at radius 3 is 2.78 bits per heavy atom. The number of ether oxygens (including phenoxy) is 1. The van der Waals surface area contributed by atoms with Gasteiger partial charge in [-0.05, 0) is 24.6 Å². The first-order valence-electron chi connectivity index (χ1n) is 5.33. The van der Waals surface area contributed by atoms with E-state index in [0.29, 0.717) is 17.9 Å². The lowest BCUT2D eigenvalue weighted by atomic mass is 10.2. The standard InChI is InChI=1S/C12H14N2O4/c1-3-18-10-4-9(6-13-7-10)5-11(12(16)17)14-8(2)15/h4-7H,3H2,1-2H3,(H,14,15)(H,16,17)/b11-5+. The topological polar surface area (TPSA) is 88.5 Å². The van der Waals surface area contributed by atoms with E-state index >= 15 is 0 Å². The number of carbonyl (C=O) groups excluding carboxylic acids is 1. The summed E-state index contributed by atoms with van der Waals surface area (Å²) in [5.41, 5.74) is 0.324. The van der Waals surface area contributed by atoms with Gasteiger partial charge in [0.1, 0.15) is 11.4 Å². The number of carboxylic acids is 1. The maximum atomic E-state index is 10.9. The van der Waals surface area contributed by atoms with E-state index in [-0.39, 0.29) is 5.70 Å². The zero-order chi connectivity index (χ0) is 13.5. The Kier molecular flexibility index (Phi) is 4.86. The first-order valence-corrected chi connectivity index (χ1v) is 5.33. The average Bonchev–Trinajstić information content (AvgIpc) is 2.28. The van der Waals surface area contributed by atoms with Gasteiger partial charge in [-0.15, -0.1) is 0 Å². The number of amides is 1. The van der Waals surface area contributed by atoms with Crippen LogP contribution >= 0.6 is 0 Å². The van der Waals surface area contributed by atoms with Gasteiger partial charge in [-0.2, -0.15) is 0 Å². The molecule has 0 saturated heterocycles. The lowest BCUT2D eigenvalue weighted by Gasteiger charge is -2.05. The molecule has 0 fully saturated rings. The Labute approximate surface area is 104 Å². The predicted octanol–water partition coefficient (Wildman–Crippen LogP) is 1.04. The summed E-state index contributed by atoms with van der Waals surface area (Å²) in [6.45, 7) is 3.57. The van der Waals surface area contributed by atoms with Crippen LogP contribution in [0, 0.1) is 0 Å². The molecule has 1 rings (SSSR count). The van der Waals surface area contributed by atoms with Crippen molar-refractivity contribution in [3.8, 4) is 5.75 Å². The van der Waals surface area contributed by atoms with Crippen LogP contribution in [0.5, 0.6) is 5.75 Å². The van der Waals surface area contributed by atoms with Crippen LogP contribution < -0.4 is 10.1 Å². The molecule has 0 aromatic carbocycles. The molecule has 18 heavy (non-hydrogen) atoms. The van der Waals surface area contributed by atoms with E-state index in [1.165, 1.54) is 25.4 Å².